The first-order valence-electron chi connectivity index (χ1n) is 20.1. The van der Waals surface area contributed by atoms with Crippen molar-refractivity contribution in [3.8, 4) is 0 Å². The van der Waals surface area contributed by atoms with Gasteiger partial charge in [-0.25, -0.2) is 9.78 Å². The first kappa shape index (κ1) is 48.5. The number of amides is 4. The van der Waals surface area contributed by atoms with E-state index in [0.717, 1.165) is 55.2 Å². The first-order chi connectivity index (χ1) is 27.2. The number of thiazole rings is 1. The molecule has 1 aromatic heterocycles. The van der Waals surface area contributed by atoms with E-state index >= 15 is 0 Å². The van der Waals surface area contributed by atoms with Gasteiger partial charge in [0.1, 0.15) is 16.7 Å². The lowest BCUT2D eigenvalue weighted by molar-refractivity contribution is -0.150. The summed E-state index contributed by atoms with van der Waals surface area (Å²) < 4.78 is 5.80. The van der Waals surface area contributed by atoms with Crippen LogP contribution in [0.25, 0.3) is 0 Å². The Morgan fingerprint density at radius 3 is 2.28 bits per heavy atom. The smallest absolute Gasteiger partial charge is 0.328 e. The molecular weight excluding hydrogens is 749 g/mol. The molecule has 0 aliphatic carbocycles. The molecule has 2 rings (SSSR count). The lowest BCUT2D eigenvalue weighted by Crippen LogP contribution is -2.57. The van der Waals surface area contributed by atoms with Crippen molar-refractivity contribution in [2.75, 3.05) is 26.7 Å². The molecule has 57 heavy (non-hydrogen) atoms. The van der Waals surface area contributed by atoms with Crippen LogP contribution in [-0.4, -0.2) is 95.4 Å². The zero-order valence-electron chi connectivity index (χ0n) is 34.7. The van der Waals surface area contributed by atoms with E-state index in [9.17, 15) is 33.9 Å². The van der Waals surface area contributed by atoms with Crippen molar-refractivity contribution in [1.82, 2.24) is 31.2 Å². The Kier molecular flexibility index (Phi) is 22.4. The zero-order chi connectivity index (χ0) is 42.3. The summed E-state index contributed by atoms with van der Waals surface area (Å²) in [4.78, 5) is 84.6. The van der Waals surface area contributed by atoms with Crippen LogP contribution >= 0.6 is 11.3 Å². The normalized spacial score (nSPS) is 14.0. The second-order valence-corrected chi connectivity index (χ2v) is 15.6. The molecule has 0 aliphatic rings. The molecule has 1 aromatic carbocycles. The molecule has 0 unspecified atom stereocenters. The fourth-order valence-electron chi connectivity index (χ4n) is 6.24. The van der Waals surface area contributed by atoms with Crippen molar-refractivity contribution in [3.05, 3.63) is 64.1 Å². The van der Waals surface area contributed by atoms with Gasteiger partial charge in [-0.15, -0.1) is 11.3 Å². The maximum Gasteiger partial charge on any atom is 0.328 e. The van der Waals surface area contributed by atoms with Gasteiger partial charge in [0.25, 0.3) is 5.91 Å². The Balaban J connectivity index is 2.46. The quantitative estimate of drug-likeness (QED) is 0.0455. The molecule has 0 saturated heterocycles. The number of carbonyl (C=O) groups excluding carboxylic acids is 5. The highest BCUT2D eigenvalue weighted by molar-refractivity contribution is 7.09. The molecule has 4 amide bonds. The van der Waals surface area contributed by atoms with E-state index in [2.05, 4.69) is 26.3 Å². The molecule has 0 radical (unpaired) electrons. The van der Waals surface area contributed by atoms with Gasteiger partial charge in [-0.3, -0.25) is 24.0 Å². The van der Waals surface area contributed by atoms with Crippen LogP contribution in [0.3, 0.4) is 0 Å². The number of esters is 1. The monoisotopic (exact) mass is 812 g/mol. The molecule has 2 aromatic rings. The van der Waals surface area contributed by atoms with Gasteiger partial charge in [-0.05, 0) is 56.7 Å². The van der Waals surface area contributed by atoms with Crippen LogP contribution in [0.5, 0.6) is 0 Å². The number of carbonyl (C=O) groups is 6. The number of ether oxygens (including phenoxy) is 1. The molecular formula is C42H64N6O8S. The number of hydrogen-bond donors (Lipinski definition) is 5. The second kappa shape index (κ2) is 26.3. The molecule has 14 nitrogen and oxygen atoms in total. The summed E-state index contributed by atoms with van der Waals surface area (Å²) in [5.74, 6) is -3.77. The Bertz CT molecular complexity index is 1600. The number of carboxylic acid groups (broad SMARTS) is 1. The van der Waals surface area contributed by atoms with Gasteiger partial charge in [-0.1, -0.05) is 90.3 Å². The minimum Gasteiger partial charge on any atom is -0.478 e. The highest BCUT2D eigenvalue weighted by atomic mass is 32.1. The van der Waals surface area contributed by atoms with Crippen LogP contribution in [0, 0.1) is 11.8 Å². The number of unbranched alkanes of at least 4 members (excludes halogenated alkanes) is 3. The fraction of sp³-hybridized carbons (Fsp3) is 0.595. The second-order valence-electron chi connectivity index (χ2n) is 14.7. The predicted molar refractivity (Wildman–Crippen MR) is 221 cm³/mol. The van der Waals surface area contributed by atoms with Gasteiger partial charge < -0.3 is 36.0 Å². The van der Waals surface area contributed by atoms with Gasteiger partial charge in [0.2, 0.25) is 17.7 Å². The SMILES string of the molecule is CCCCNC(=O)CN(C(=O)[C@@H](NC(=O)CCCCCNC)[C@@H](C)CC)[C@H](C[C@@H](OC(C)=O)c1nc(C(=O)N[C@H](/C=C/C(=O)O)Cc2ccccc2)cs1)C(C)C. The maximum absolute atomic E-state index is 14.7. The average molecular weight is 813 g/mol. The molecule has 0 bridgehead atoms. The third kappa shape index (κ3) is 18.0. The average Bonchev–Trinajstić information content (AvgIpc) is 3.67. The lowest BCUT2D eigenvalue weighted by Gasteiger charge is -2.39. The van der Waals surface area contributed by atoms with Gasteiger partial charge in [0.15, 0.2) is 6.10 Å². The zero-order valence-corrected chi connectivity index (χ0v) is 35.5. The fourth-order valence-corrected chi connectivity index (χ4v) is 7.08. The van der Waals surface area contributed by atoms with Crippen molar-refractivity contribution in [1.29, 1.82) is 0 Å². The number of hydrogen-bond acceptors (Lipinski definition) is 10. The summed E-state index contributed by atoms with van der Waals surface area (Å²) in [6.45, 7) is 12.0. The summed E-state index contributed by atoms with van der Waals surface area (Å²) in [6, 6.07) is 7.11. The molecule has 1 heterocycles. The Hall–Kier alpha value is -4.63. The summed E-state index contributed by atoms with van der Waals surface area (Å²) in [5.41, 5.74) is 0.934. The lowest BCUT2D eigenvalue weighted by atomic mass is 9.92. The van der Waals surface area contributed by atoms with E-state index in [0.29, 0.717) is 30.8 Å². The number of nitrogens with zero attached hydrogens (tertiary/aromatic N) is 2. The summed E-state index contributed by atoms with van der Waals surface area (Å²) in [6.07, 6.45) is 6.78. The minimum absolute atomic E-state index is 0.0452. The summed E-state index contributed by atoms with van der Waals surface area (Å²) in [7, 11) is 1.88. The predicted octanol–water partition coefficient (Wildman–Crippen LogP) is 5.20. The molecule has 0 saturated carbocycles. The molecule has 5 atom stereocenters. The van der Waals surface area contributed by atoms with Gasteiger partial charge >= 0.3 is 11.9 Å². The van der Waals surface area contributed by atoms with Crippen LogP contribution in [-0.2, 0) is 35.1 Å². The number of aliphatic carboxylic acids is 1. The summed E-state index contributed by atoms with van der Waals surface area (Å²) in [5, 5.41) is 22.9. The third-order valence-electron chi connectivity index (χ3n) is 9.63. The molecule has 15 heteroatoms. The van der Waals surface area contributed by atoms with E-state index in [1.54, 1.807) is 0 Å². The van der Waals surface area contributed by atoms with Crippen molar-refractivity contribution in [2.45, 2.75) is 124 Å². The topological polar surface area (TPSA) is 196 Å². The van der Waals surface area contributed by atoms with Crippen molar-refractivity contribution in [2.24, 2.45) is 11.8 Å². The van der Waals surface area contributed by atoms with E-state index in [-0.39, 0.29) is 48.7 Å². The Morgan fingerprint density at radius 2 is 1.67 bits per heavy atom. The number of rotatable bonds is 27. The molecule has 316 valence electrons. The van der Waals surface area contributed by atoms with E-state index in [4.69, 9.17) is 4.74 Å². The minimum atomic E-state index is -1.15. The van der Waals surface area contributed by atoms with Gasteiger partial charge in [0.05, 0.1) is 12.6 Å². The highest BCUT2D eigenvalue weighted by Crippen LogP contribution is 2.31. The van der Waals surface area contributed by atoms with Gasteiger partial charge in [-0.2, -0.15) is 0 Å². The summed E-state index contributed by atoms with van der Waals surface area (Å²) >= 11 is 1.11. The molecule has 0 fully saturated rings. The maximum atomic E-state index is 14.7. The Labute approximate surface area is 342 Å². The number of nitrogens with one attached hydrogen (secondary N) is 4. The van der Waals surface area contributed by atoms with E-state index < -0.39 is 48.0 Å². The highest BCUT2D eigenvalue weighted by Gasteiger charge is 2.38. The van der Waals surface area contributed by atoms with Crippen molar-refractivity contribution < 1.29 is 38.6 Å². The van der Waals surface area contributed by atoms with Gasteiger partial charge in [0, 0.05) is 43.8 Å². The largest absolute Gasteiger partial charge is 0.478 e. The van der Waals surface area contributed by atoms with Crippen LogP contribution in [0.1, 0.15) is 120 Å². The standard InChI is InChI=1S/C42H64N6O8S/c1-8-10-23-44-37(51)26-48(42(55)39(29(5)9-2)47-36(50)19-15-12-16-22-43-7)34(28(3)4)25-35(56-30(6)49)41-46-33(27-57-41)40(54)45-32(20-21-38(52)53)24-31-17-13-11-14-18-31/h11,13-14,17-18,20-21,27-29,32,34-35,39,43H,8-10,12,15-16,19,22-26H2,1-7H3,(H,44,51)(H,45,54)(H,47,50)(H,52,53)/b21-20+/t29-,32+,34+,35+,39-/m0/s1. The molecule has 0 aliphatic heterocycles. The number of benzene rings is 1. The van der Waals surface area contributed by atoms with Crippen molar-refractivity contribution in [3.63, 3.8) is 0 Å². The van der Waals surface area contributed by atoms with E-state index in [1.165, 1.54) is 23.3 Å². The number of aromatic nitrogens is 1. The van der Waals surface area contributed by atoms with Crippen molar-refractivity contribution >= 4 is 46.9 Å². The Morgan fingerprint density at radius 1 is 0.947 bits per heavy atom. The van der Waals surface area contributed by atoms with Crippen LogP contribution < -0.4 is 21.3 Å². The first-order valence-corrected chi connectivity index (χ1v) is 21.0. The molecule has 0 spiro atoms. The third-order valence-corrected chi connectivity index (χ3v) is 10.6. The number of carboxylic acids is 1. The van der Waals surface area contributed by atoms with Crippen LogP contribution in [0.4, 0.5) is 0 Å². The van der Waals surface area contributed by atoms with E-state index in [1.807, 2.05) is 72.0 Å². The molecule has 5 N–H and O–H groups in total. The van der Waals surface area contributed by atoms with Crippen LogP contribution in [0.2, 0.25) is 0 Å². The van der Waals surface area contributed by atoms with Crippen LogP contribution in [0.15, 0.2) is 47.9 Å².